The Bertz CT molecular complexity index is 762. The Morgan fingerprint density at radius 2 is 1.29 bits per heavy atom. The fourth-order valence-corrected chi connectivity index (χ4v) is 3.90. The van der Waals surface area contributed by atoms with Crippen LogP contribution in [-0.4, -0.2) is 40.4 Å². The summed E-state index contributed by atoms with van der Waals surface area (Å²) in [7, 11) is 3.41. The van der Waals surface area contributed by atoms with Gasteiger partial charge in [-0.15, -0.1) is 37.2 Å². The van der Waals surface area contributed by atoms with Crippen LogP contribution in [0.15, 0.2) is 36.4 Å². The number of unbranched alkanes of at least 4 members (excludes halogenated alkanes) is 3. The minimum Gasteiger partial charge on any atom is -0.493 e. The minimum absolute atomic E-state index is 0. The average Bonchev–Trinajstić information content (AvgIpc) is 2.80. The number of nitrogens with one attached hydrogen (secondary N) is 2. The van der Waals surface area contributed by atoms with Gasteiger partial charge in [0.2, 0.25) is 0 Å². The van der Waals surface area contributed by atoms with E-state index in [-0.39, 0.29) is 37.2 Å². The van der Waals surface area contributed by atoms with E-state index in [0.29, 0.717) is 0 Å². The van der Waals surface area contributed by atoms with Gasteiger partial charge in [-0.3, -0.25) is 0 Å². The van der Waals surface area contributed by atoms with Crippen LogP contribution < -0.4 is 25.8 Å². The maximum Gasteiger partial charge on any atom is 0.164 e. The summed E-state index contributed by atoms with van der Waals surface area (Å²) in [5, 5.41) is 7.13. The maximum atomic E-state index is 5.72. The Balaban J connectivity index is 0. The molecule has 8 heteroatoms. The zero-order valence-corrected chi connectivity index (χ0v) is 23.3. The van der Waals surface area contributed by atoms with E-state index in [0.717, 1.165) is 62.6 Å². The molecular weight excluding hydrogens is 493 g/mol. The molecule has 0 heterocycles. The van der Waals surface area contributed by atoms with Crippen molar-refractivity contribution in [2.24, 2.45) is 0 Å². The van der Waals surface area contributed by atoms with Crippen LogP contribution in [-0.2, 0) is 19.3 Å². The summed E-state index contributed by atoms with van der Waals surface area (Å²) in [6.07, 6.45) is 8.07. The third-order valence-corrected chi connectivity index (χ3v) is 5.70. The third-order valence-electron chi connectivity index (χ3n) is 5.70. The topological polar surface area (TPSA) is 68.5 Å². The number of halogens is 3. The van der Waals surface area contributed by atoms with Crippen LogP contribution >= 0.6 is 37.2 Å². The molecule has 0 saturated heterocycles. The molecule has 0 aliphatic heterocycles. The Labute approximate surface area is 225 Å². The number of methoxy groups -OCH3 is 2. The first-order chi connectivity index (χ1) is 15.2. The monoisotopic (exact) mass is 535 g/mol. The van der Waals surface area contributed by atoms with Gasteiger partial charge in [0.15, 0.2) is 11.5 Å². The fourth-order valence-electron chi connectivity index (χ4n) is 3.90. The van der Waals surface area contributed by atoms with Crippen molar-refractivity contribution in [2.45, 2.75) is 51.9 Å². The van der Waals surface area contributed by atoms with Gasteiger partial charge in [0, 0.05) is 11.3 Å². The van der Waals surface area contributed by atoms with Gasteiger partial charge in [-0.2, -0.15) is 0 Å². The highest BCUT2D eigenvalue weighted by Crippen LogP contribution is 2.33. The Morgan fingerprint density at radius 3 is 1.82 bits per heavy atom. The highest BCUT2D eigenvalue weighted by atomic mass is 35.5. The smallest absolute Gasteiger partial charge is 0.164 e. The van der Waals surface area contributed by atoms with Crippen molar-refractivity contribution >= 4 is 42.9 Å². The molecule has 0 bridgehead atoms. The molecule has 0 radical (unpaired) electrons. The third kappa shape index (κ3) is 12.4. The van der Waals surface area contributed by atoms with Gasteiger partial charge in [0.1, 0.15) is 0 Å². The lowest BCUT2D eigenvalue weighted by Gasteiger charge is -2.16. The van der Waals surface area contributed by atoms with Gasteiger partial charge in [-0.25, -0.2) is 0 Å². The second-order valence-electron chi connectivity index (χ2n) is 7.95. The van der Waals surface area contributed by atoms with Gasteiger partial charge in [0.25, 0.3) is 0 Å². The van der Waals surface area contributed by atoms with Gasteiger partial charge in [-0.1, -0.05) is 38.0 Å². The van der Waals surface area contributed by atoms with E-state index in [9.17, 15) is 0 Å². The maximum absolute atomic E-state index is 5.72. The van der Waals surface area contributed by atoms with Crippen LogP contribution in [0, 0.1) is 0 Å². The van der Waals surface area contributed by atoms with Crippen LogP contribution in [0.3, 0.4) is 0 Å². The summed E-state index contributed by atoms with van der Waals surface area (Å²) in [6.45, 7) is 6.37. The van der Waals surface area contributed by atoms with Crippen LogP contribution in [0.4, 0.5) is 5.69 Å². The van der Waals surface area contributed by atoms with Crippen molar-refractivity contribution in [3.05, 3.63) is 53.1 Å². The predicted octanol–water partition coefficient (Wildman–Crippen LogP) is 5.64. The first-order valence-corrected chi connectivity index (χ1v) is 11.7. The molecule has 4 N–H and O–H groups in total. The summed E-state index contributed by atoms with van der Waals surface area (Å²) in [6, 6.07) is 12.3. The van der Waals surface area contributed by atoms with E-state index in [2.05, 4.69) is 35.8 Å². The predicted molar refractivity (Wildman–Crippen MR) is 153 cm³/mol. The number of anilines is 1. The Morgan fingerprint density at radius 1 is 0.706 bits per heavy atom. The molecule has 0 fully saturated rings. The molecule has 0 saturated carbocycles. The molecule has 0 unspecified atom stereocenters. The number of nitrogens with two attached hydrogens (primary N) is 1. The van der Waals surface area contributed by atoms with Gasteiger partial charge in [0.05, 0.1) is 14.2 Å². The van der Waals surface area contributed by atoms with E-state index < -0.39 is 0 Å². The zero-order chi connectivity index (χ0) is 22.3. The van der Waals surface area contributed by atoms with E-state index in [1.807, 2.05) is 18.2 Å². The number of hydrogen-bond donors (Lipinski definition) is 3. The summed E-state index contributed by atoms with van der Waals surface area (Å²) in [5.74, 6) is 1.69. The molecule has 0 aromatic heterocycles. The molecule has 0 aliphatic carbocycles. The van der Waals surface area contributed by atoms with Crippen molar-refractivity contribution in [1.29, 1.82) is 0 Å². The number of hydrogen-bond acceptors (Lipinski definition) is 5. The van der Waals surface area contributed by atoms with E-state index in [1.165, 1.54) is 42.4 Å². The lowest BCUT2D eigenvalue weighted by atomic mass is 10.0. The average molecular weight is 537 g/mol. The lowest BCUT2D eigenvalue weighted by Crippen LogP contribution is -2.20. The molecule has 0 atom stereocenters. The highest BCUT2D eigenvalue weighted by Gasteiger charge is 2.12. The van der Waals surface area contributed by atoms with Crippen molar-refractivity contribution in [1.82, 2.24) is 10.6 Å². The zero-order valence-electron chi connectivity index (χ0n) is 20.9. The Kier molecular flexibility index (Phi) is 21.4. The second-order valence-corrected chi connectivity index (χ2v) is 7.95. The molecule has 2 rings (SSSR count). The fraction of sp³-hybridized carbons (Fsp3) is 0.538. The van der Waals surface area contributed by atoms with Crippen molar-refractivity contribution in [3.63, 3.8) is 0 Å². The van der Waals surface area contributed by atoms with Crippen LogP contribution in [0.25, 0.3) is 0 Å². The van der Waals surface area contributed by atoms with Crippen molar-refractivity contribution in [3.8, 4) is 11.5 Å². The van der Waals surface area contributed by atoms with Crippen LogP contribution in [0.1, 0.15) is 49.3 Å². The molecular formula is C26H44Cl3N3O2. The molecule has 0 amide bonds. The molecule has 2 aromatic carbocycles. The largest absolute Gasteiger partial charge is 0.493 e. The van der Waals surface area contributed by atoms with E-state index in [1.54, 1.807) is 14.2 Å². The quantitative estimate of drug-likeness (QED) is 0.191. The number of nitrogen functional groups attached to an aromatic ring is 1. The number of rotatable bonds is 16. The molecule has 2 aromatic rings. The van der Waals surface area contributed by atoms with Gasteiger partial charge < -0.3 is 25.8 Å². The second kappa shape index (κ2) is 21.0. The summed E-state index contributed by atoms with van der Waals surface area (Å²) in [5.41, 5.74) is 10.5. The first kappa shape index (κ1) is 34.8. The number of benzene rings is 2. The van der Waals surface area contributed by atoms with Crippen molar-refractivity contribution < 1.29 is 9.47 Å². The SMILES string of the molecule is CCc1c(CCNCCCCCCNCCc2ccc(N)cc2)ccc(OC)c1OC.Cl.Cl.Cl. The van der Waals surface area contributed by atoms with Crippen LogP contribution in [0.5, 0.6) is 11.5 Å². The summed E-state index contributed by atoms with van der Waals surface area (Å²) >= 11 is 0. The summed E-state index contributed by atoms with van der Waals surface area (Å²) < 4.78 is 11.0. The summed E-state index contributed by atoms with van der Waals surface area (Å²) in [4.78, 5) is 0. The molecule has 196 valence electrons. The van der Waals surface area contributed by atoms with Crippen molar-refractivity contribution in [2.75, 3.05) is 46.1 Å². The normalized spacial score (nSPS) is 9.97. The van der Waals surface area contributed by atoms with Crippen LogP contribution in [0.2, 0.25) is 0 Å². The van der Waals surface area contributed by atoms with E-state index >= 15 is 0 Å². The van der Waals surface area contributed by atoms with Gasteiger partial charge in [-0.05, 0) is 87.6 Å². The molecule has 5 nitrogen and oxygen atoms in total. The minimum atomic E-state index is 0. The molecule has 0 spiro atoms. The molecule has 0 aliphatic rings. The first-order valence-electron chi connectivity index (χ1n) is 11.7. The highest BCUT2D eigenvalue weighted by molar-refractivity contribution is 5.86. The molecule has 34 heavy (non-hydrogen) atoms. The number of ether oxygens (including phenoxy) is 2. The lowest BCUT2D eigenvalue weighted by molar-refractivity contribution is 0.351. The Hall–Kier alpha value is -1.37. The standard InChI is InChI=1S/C26H41N3O2.3ClH/c1-4-24-22(11-14-25(30-2)26(24)31-3)16-20-29-18-8-6-5-7-17-28-19-15-21-9-12-23(27)13-10-21;;;/h9-14,28-29H,4-8,15-20,27H2,1-3H3;3*1H. The van der Waals surface area contributed by atoms with E-state index in [4.69, 9.17) is 15.2 Å². The van der Waals surface area contributed by atoms with Gasteiger partial charge >= 0.3 is 0 Å².